The summed E-state index contributed by atoms with van der Waals surface area (Å²) in [6.07, 6.45) is 0. The Bertz CT molecular complexity index is 678. The molecule has 0 radical (unpaired) electrons. The molecule has 0 unspecified atom stereocenters. The molecule has 0 aliphatic rings. The topological polar surface area (TPSA) is 72.6 Å². The highest BCUT2D eigenvalue weighted by Crippen LogP contribution is 2.26. The van der Waals surface area contributed by atoms with Crippen molar-refractivity contribution in [3.8, 4) is 5.75 Å². The molecule has 110 valence electrons. The van der Waals surface area contributed by atoms with Crippen LogP contribution in [0.2, 0.25) is 5.02 Å². The molecule has 0 aliphatic heterocycles. The van der Waals surface area contributed by atoms with Crippen LogP contribution in [-0.2, 0) is 13.2 Å². The van der Waals surface area contributed by atoms with Crippen molar-refractivity contribution in [2.45, 2.75) is 13.2 Å². The van der Waals surface area contributed by atoms with Gasteiger partial charge in [-0.1, -0.05) is 11.6 Å². The Labute approximate surface area is 124 Å². The van der Waals surface area contributed by atoms with E-state index >= 15 is 0 Å². The number of halogens is 2. The monoisotopic (exact) mass is 311 g/mol. The van der Waals surface area contributed by atoms with Gasteiger partial charge in [0, 0.05) is 28.3 Å². The summed E-state index contributed by atoms with van der Waals surface area (Å²) in [5, 5.41) is 20.2. The van der Waals surface area contributed by atoms with Gasteiger partial charge in [0.15, 0.2) is 0 Å². The predicted molar refractivity (Wildman–Crippen MR) is 74.8 cm³/mol. The molecule has 21 heavy (non-hydrogen) atoms. The quantitative estimate of drug-likeness (QED) is 0.678. The lowest BCUT2D eigenvalue weighted by Crippen LogP contribution is -2.01. The van der Waals surface area contributed by atoms with E-state index in [9.17, 15) is 19.6 Å². The highest BCUT2D eigenvalue weighted by Gasteiger charge is 2.12. The first-order valence-electron chi connectivity index (χ1n) is 5.96. The third-order valence-corrected chi connectivity index (χ3v) is 3.18. The summed E-state index contributed by atoms with van der Waals surface area (Å²) in [5.41, 5.74) is 0.575. The summed E-state index contributed by atoms with van der Waals surface area (Å²) in [5.74, 6) is -0.160. The van der Waals surface area contributed by atoms with Crippen molar-refractivity contribution >= 4 is 17.3 Å². The van der Waals surface area contributed by atoms with E-state index in [-0.39, 0.29) is 23.6 Å². The van der Waals surface area contributed by atoms with Gasteiger partial charge in [-0.3, -0.25) is 10.1 Å². The van der Waals surface area contributed by atoms with Crippen LogP contribution in [0.4, 0.5) is 10.1 Å². The number of rotatable bonds is 5. The molecule has 0 atom stereocenters. The summed E-state index contributed by atoms with van der Waals surface area (Å²) in [7, 11) is 0. The van der Waals surface area contributed by atoms with Crippen LogP contribution in [0.5, 0.6) is 5.75 Å². The summed E-state index contributed by atoms with van der Waals surface area (Å²) >= 11 is 5.92. The lowest BCUT2D eigenvalue weighted by molar-refractivity contribution is -0.385. The first-order chi connectivity index (χ1) is 10.0. The Balaban J connectivity index is 2.19. The van der Waals surface area contributed by atoms with Gasteiger partial charge in [0.05, 0.1) is 11.5 Å². The largest absolute Gasteiger partial charge is 0.488 e. The molecule has 2 aromatic rings. The van der Waals surface area contributed by atoms with Gasteiger partial charge < -0.3 is 9.84 Å². The average Bonchev–Trinajstić information content (AvgIpc) is 2.47. The number of ether oxygens (including phenoxy) is 1. The molecule has 0 aliphatic carbocycles. The highest BCUT2D eigenvalue weighted by molar-refractivity contribution is 6.31. The molecule has 0 fully saturated rings. The molecule has 0 heterocycles. The zero-order valence-corrected chi connectivity index (χ0v) is 11.5. The van der Waals surface area contributed by atoms with Gasteiger partial charge in [0.25, 0.3) is 5.69 Å². The Morgan fingerprint density at radius 3 is 2.67 bits per heavy atom. The van der Waals surface area contributed by atoms with E-state index in [1.165, 1.54) is 36.4 Å². The van der Waals surface area contributed by atoms with Crippen molar-refractivity contribution in [3.63, 3.8) is 0 Å². The van der Waals surface area contributed by atoms with E-state index < -0.39 is 17.3 Å². The molecule has 1 N–H and O–H groups in total. The molecule has 2 aromatic carbocycles. The standard InChI is InChI=1S/C14H11ClFNO4/c15-13-3-1-11(16)5-10(13)8-21-14-4-2-12(17(19)20)6-9(14)7-18/h1-6,18H,7-8H2. The van der Waals surface area contributed by atoms with Crippen molar-refractivity contribution in [1.29, 1.82) is 0 Å². The Kier molecular flexibility index (Phi) is 4.72. The van der Waals surface area contributed by atoms with Gasteiger partial charge in [0.2, 0.25) is 0 Å². The van der Waals surface area contributed by atoms with E-state index in [1.807, 2.05) is 0 Å². The Hall–Kier alpha value is -2.18. The van der Waals surface area contributed by atoms with Crippen LogP contribution >= 0.6 is 11.6 Å². The maximum Gasteiger partial charge on any atom is 0.270 e. The number of benzene rings is 2. The van der Waals surface area contributed by atoms with Crippen molar-refractivity contribution in [2.75, 3.05) is 0 Å². The van der Waals surface area contributed by atoms with Gasteiger partial charge in [-0.25, -0.2) is 4.39 Å². The molecule has 0 spiro atoms. The van der Waals surface area contributed by atoms with Crippen LogP contribution in [0.3, 0.4) is 0 Å². The molecule has 0 bridgehead atoms. The molecule has 5 nitrogen and oxygen atoms in total. The molecule has 2 rings (SSSR count). The number of nitrogens with zero attached hydrogens (tertiary/aromatic N) is 1. The lowest BCUT2D eigenvalue weighted by Gasteiger charge is -2.11. The van der Waals surface area contributed by atoms with Gasteiger partial charge in [-0.2, -0.15) is 0 Å². The summed E-state index contributed by atoms with van der Waals surface area (Å²) in [6, 6.07) is 7.77. The van der Waals surface area contributed by atoms with Crippen molar-refractivity contribution in [1.82, 2.24) is 0 Å². The van der Waals surface area contributed by atoms with Crippen LogP contribution in [0.15, 0.2) is 36.4 Å². The van der Waals surface area contributed by atoms with Gasteiger partial charge in [-0.05, 0) is 24.3 Å². The fourth-order valence-electron chi connectivity index (χ4n) is 1.75. The number of non-ortho nitro benzene ring substituents is 1. The van der Waals surface area contributed by atoms with Crippen LogP contribution < -0.4 is 4.74 Å². The zero-order valence-electron chi connectivity index (χ0n) is 10.8. The molecule has 0 aromatic heterocycles. The van der Waals surface area contributed by atoms with Gasteiger partial charge >= 0.3 is 0 Å². The molecule has 0 saturated carbocycles. The fourth-order valence-corrected chi connectivity index (χ4v) is 1.93. The van der Waals surface area contributed by atoms with Crippen molar-refractivity contribution < 1.29 is 19.2 Å². The number of nitro benzene ring substituents is 1. The zero-order chi connectivity index (χ0) is 15.4. The van der Waals surface area contributed by atoms with E-state index in [0.29, 0.717) is 10.6 Å². The van der Waals surface area contributed by atoms with Crippen LogP contribution in [-0.4, -0.2) is 10.0 Å². The molecular formula is C14H11ClFNO4. The third kappa shape index (κ3) is 3.68. The lowest BCUT2D eigenvalue weighted by atomic mass is 10.2. The van der Waals surface area contributed by atoms with Crippen molar-refractivity contribution in [3.05, 3.63) is 68.5 Å². The summed E-state index contributed by atoms with van der Waals surface area (Å²) in [4.78, 5) is 10.1. The van der Waals surface area contributed by atoms with Crippen LogP contribution in [0.25, 0.3) is 0 Å². The minimum Gasteiger partial charge on any atom is -0.488 e. The number of aliphatic hydroxyl groups is 1. The highest BCUT2D eigenvalue weighted by atomic mass is 35.5. The number of nitro groups is 1. The van der Waals surface area contributed by atoms with E-state index in [0.717, 1.165) is 0 Å². The first kappa shape index (κ1) is 15.2. The fraction of sp³-hybridized carbons (Fsp3) is 0.143. The SMILES string of the molecule is O=[N+]([O-])c1ccc(OCc2cc(F)ccc2Cl)c(CO)c1. The maximum atomic E-state index is 13.1. The summed E-state index contributed by atoms with van der Waals surface area (Å²) in [6.45, 7) is -0.421. The Morgan fingerprint density at radius 2 is 2.00 bits per heavy atom. The second-order valence-electron chi connectivity index (χ2n) is 4.23. The molecule has 0 saturated heterocycles. The minimum absolute atomic E-state index is 0.0125. The number of hydrogen-bond acceptors (Lipinski definition) is 4. The first-order valence-corrected chi connectivity index (χ1v) is 6.34. The van der Waals surface area contributed by atoms with Crippen LogP contribution in [0, 0.1) is 15.9 Å². The normalized spacial score (nSPS) is 10.4. The minimum atomic E-state index is -0.563. The van der Waals surface area contributed by atoms with E-state index in [2.05, 4.69) is 0 Å². The smallest absolute Gasteiger partial charge is 0.270 e. The van der Waals surface area contributed by atoms with Gasteiger partial charge in [0.1, 0.15) is 18.2 Å². The van der Waals surface area contributed by atoms with Crippen molar-refractivity contribution in [2.24, 2.45) is 0 Å². The number of hydrogen-bond donors (Lipinski definition) is 1. The average molecular weight is 312 g/mol. The van der Waals surface area contributed by atoms with Crippen LogP contribution in [0.1, 0.15) is 11.1 Å². The molecule has 7 heteroatoms. The third-order valence-electron chi connectivity index (χ3n) is 2.82. The summed E-state index contributed by atoms with van der Waals surface area (Å²) < 4.78 is 18.6. The second-order valence-corrected chi connectivity index (χ2v) is 4.64. The maximum absolute atomic E-state index is 13.1. The van der Waals surface area contributed by atoms with Gasteiger partial charge in [-0.15, -0.1) is 0 Å². The predicted octanol–water partition coefficient (Wildman–Crippen LogP) is 3.46. The van der Waals surface area contributed by atoms with E-state index in [1.54, 1.807) is 0 Å². The molecular weight excluding hydrogens is 301 g/mol. The van der Waals surface area contributed by atoms with E-state index in [4.69, 9.17) is 16.3 Å². The number of aliphatic hydroxyl groups excluding tert-OH is 1. The second kappa shape index (κ2) is 6.51. The Morgan fingerprint density at radius 1 is 1.24 bits per heavy atom. The molecule has 0 amide bonds.